The number of aromatic nitrogens is 4. The summed E-state index contributed by atoms with van der Waals surface area (Å²) in [6.45, 7) is 0. The summed E-state index contributed by atoms with van der Waals surface area (Å²) in [5.74, 6) is 0. The van der Waals surface area contributed by atoms with Crippen molar-refractivity contribution in [2.75, 3.05) is 12.5 Å². The highest BCUT2D eigenvalue weighted by Crippen LogP contribution is 2.34. The monoisotopic (exact) mass is 498 g/mol. The summed E-state index contributed by atoms with van der Waals surface area (Å²) >= 11 is 1.20. The molecular formula is C22H18N4O4S3. The Labute approximate surface area is 194 Å². The Hall–Kier alpha value is -3.28. The van der Waals surface area contributed by atoms with E-state index in [4.69, 9.17) is 0 Å². The van der Waals surface area contributed by atoms with E-state index in [2.05, 4.69) is 15.2 Å². The lowest BCUT2D eigenvalue weighted by Crippen LogP contribution is -1.96. The van der Waals surface area contributed by atoms with Crippen molar-refractivity contribution in [1.82, 2.24) is 19.6 Å². The van der Waals surface area contributed by atoms with E-state index in [0.29, 0.717) is 4.21 Å². The van der Waals surface area contributed by atoms with Crippen LogP contribution in [0, 0.1) is 0 Å². The molecule has 4 aromatic heterocycles. The Morgan fingerprint density at radius 3 is 2.24 bits per heavy atom. The molecule has 5 rings (SSSR count). The lowest BCUT2D eigenvalue weighted by molar-refractivity contribution is 0.601. The number of pyridine rings is 1. The van der Waals surface area contributed by atoms with E-state index in [1.54, 1.807) is 48.8 Å². The molecule has 0 bridgehead atoms. The summed E-state index contributed by atoms with van der Waals surface area (Å²) in [7, 11) is -6.56. The van der Waals surface area contributed by atoms with Crippen LogP contribution in [0.2, 0.25) is 0 Å². The van der Waals surface area contributed by atoms with E-state index < -0.39 is 19.7 Å². The predicted molar refractivity (Wildman–Crippen MR) is 128 cm³/mol. The summed E-state index contributed by atoms with van der Waals surface area (Å²) in [6, 6.07) is 13.8. The Balaban J connectivity index is 1.58. The standard InChI is InChI=1S/C22H18N4O4S3/c1-32(27,28)16-6-3-14(4-7-16)22-17(11-24-25-22)15-5-9-20-23-12-18(26(20)13-15)19-8-10-21(31-19)33(2,29)30/h3-13H,1-2H3,(H,24,25). The summed E-state index contributed by atoms with van der Waals surface area (Å²) in [4.78, 5) is 5.49. The fourth-order valence-corrected chi connectivity index (χ4v) is 6.14. The Bertz CT molecular complexity index is 1710. The van der Waals surface area contributed by atoms with Crippen LogP contribution in [-0.2, 0) is 19.7 Å². The third kappa shape index (κ3) is 3.99. The number of fused-ring (bicyclic) bond motifs is 1. The molecule has 11 heteroatoms. The lowest BCUT2D eigenvalue weighted by Gasteiger charge is -2.07. The van der Waals surface area contributed by atoms with Crippen LogP contribution in [0.25, 0.3) is 38.6 Å². The van der Waals surface area contributed by atoms with E-state index in [1.165, 1.54) is 23.8 Å². The Kier molecular flexibility index (Phi) is 5.00. The largest absolute Gasteiger partial charge is 0.298 e. The molecule has 0 fully saturated rings. The van der Waals surface area contributed by atoms with Gasteiger partial charge < -0.3 is 0 Å². The number of nitrogens with one attached hydrogen (secondary N) is 1. The number of nitrogens with zero attached hydrogens (tertiary/aromatic N) is 3. The molecule has 33 heavy (non-hydrogen) atoms. The first-order chi connectivity index (χ1) is 15.6. The minimum absolute atomic E-state index is 0.251. The number of hydrogen-bond acceptors (Lipinski definition) is 7. The van der Waals surface area contributed by atoms with Gasteiger partial charge in [0.1, 0.15) is 9.86 Å². The molecule has 0 aliphatic carbocycles. The minimum atomic E-state index is -3.28. The number of imidazole rings is 1. The Morgan fingerprint density at radius 2 is 1.58 bits per heavy atom. The molecule has 5 aromatic rings. The molecule has 0 saturated heterocycles. The van der Waals surface area contributed by atoms with Crippen LogP contribution in [0.4, 0.5) is 0 Å². The molecule has 0 radical (unpaired) electrons. The molecule has 0 aliphatic heterocycles. The van der Waals surface area contributed by atoms with Crippen LogP contribution in [0.15, 0.2) is 76.2 Å². The highest BCUT2D eigenvalue weighted by Gasteiger charge is 2.16. The highest BCUT2D eigenvalue weighted by atomic mass is 32.2. The zero-order valence-corrected chi connectivity index (χ0v) is 20.0. The van der Waals surface area contributed by atoms with E-state index >= 15 is 0 Å². The molecule has 0 unspecified atom stereocenters. The van der Waals surface area contributed by atoms with Crippen LogP contribution in [-0.4, -0.2) is 48.9 Å². The van der Waals surface area contributed by atoms with Crippen molar-refractivity contribution in [3.8, 4) is 33.0 Å². The molecule has 0 aliphatic rings. The number of H-pyrrole nitrogens is 1. The van der Waals surface area contributed by atoms with Crippen LogP contribution in [0.5, 0.6) is 0 Å². The van der Waals surface area contributed by atoms with E-state index in [-0.39, 0.29) is 4.90 Å². The first kappa shape index (κ1) is 21.6. The van der Waals surface area contributed by atoms with E-state index in [9.17, 15) is 16.8 Å². The number of thiophene rings is 1. The fourth-order valence-electron chi connectivity index (χ4n) is 3.57. The van der Waals surface area contributed by atoms with Crippen molar-refractivity contribution < 1.29 is 16.8 Å². The average Bonchev–Trinajstić information content (AvgIpc) is 3.50. The van der Waals surface area contributed by atoms with Gasteiger partial charge in [-0.1, -0.05) is 12.1 Å². The normalized spacial score (nSPS) is 12.4. The SMILES string of the molecule is CS(=O)(=O)c1ccc(-c2[nH]ncc2-c2ccc3ncc(-c4ccc(S(C)(=O)=O)s4)n3c2)cc1. The number of hydrogen-bond donors (Lipinski definition) is 1. The third-order valence-corrected chi connectivity index (χ3v) is 9.28. The zero-order valence-electron chi connectivity index (χ0n) is 17.6. The molecule has 0 spiro atoms. The molecular weight excluding hydrogens is 480 g/mol. The first-order valence-electron chi connectivity index (χ1n) is 9.73. The molecule has 0 atom stereocenters. The first-order valence-corrected chi connectivity index (χ1v) is 14.3. The van der Waals surface area contributed by atoms with Gasteiger partial charge in [0.05, 0.1) is 33.6 Å². The van der Waals surface area contributed by atoms with E-state index in [1.807, 2.05) is 22.7 Å². The zero-order chi connectivity index (χ0) is 23.4. The van der Waals surface area contributed by atoms with Gasteiger partial charge in [0.15, 0.2) is 19.7 Å². The highest BCUT2D eigenvalue weighted by molar-refractivity contribution is 7.92. The number of rotatable bonds is 5. The van der Waals surface area contributed by atoms with Crippen molar-refractivity contribution >= 4 is 36.7 Å². The molecule has 1 aromatic carbocycles. The summed E-state index contributed by atoms with van der Waals surface area (Å²) in [5, 5.41) is 7.19. The van der Waals surface area contributed by atoms with Crippen LogP contribution in [0.1, 0.15) is 0 Å². The van der Waals surface area contributed by atoms with Crippen LogP contribution >= 0.6 is 11.3 Å². The molecule has 1 N–H and O–H groups in total. The fraction of sp³-hybridized carbons (Fsp3) is 0.0909. The van der Waals surface area contributed by atoms with Crippen molar-refractivity contribution in [2.45, 2.75) is 9.10 Å². The summed E-state index contributed by atoms with van der Waals surface area (Å²) in [6.07, 6.45) is 7.73. The van der Waals surface area contributed by atoms with Crippen molar-refractivity contribution in [1.29, 1.82) is 0 Å². The molecule has 0 saturated carbocycles. The van der Waals surface area contributed by atoms with Crippen molar-refractivity contribution in [2.24, 2.45) is 0 Å². The number of aromatic amines is 1. The maximum atomic E-state index is 11.9. The van der Waals surface area contributed by atoms with Crippen molar-refractivity contribution in [3.63, 3.8) is 0 Å². The van der Waals surface area contributed by atoms with E-state index in [0.717, 1.165) is 38.6 Å². The van der Waals surface area contributed by atoms with Gasteiger partial charge in [0.2, 0.25) is 0 Å². The van der Waals surface area contributed by atoms with Crippen LogP contribution in [0.3, 0.4) is 0 Å². The molecule has 8 nitrogen and oxygen atoms in total. The second-order valence-corrected chi connectivity index (χ2v) is 13.0. The summed E-state index contributed by atoms with van der Waals surface area (Å²) < 4.78 is 49.5. The third-order valence-electron chi connectivity index (χ3n) is 5.23. The Morgan fingerprint density at radius 1 is 0.848 bits per heavy atom. The second-order valence-electron chi connectivity index (χ2n) is 7.64. The van der Waals surface area contributed by atoms with Gasteiger partial charge in [-0.3, -0.25) is 9.50 Å². The van der Waals surface area contributed by atoms with Gasteiger partial charge >= 0.3 is 0 Å². The van der Waals surface area contributed by atoms with Crippen molar-refractivity contribution in [3.05, 3.63) is 67.1 Å². The van der Waals surface area contributed by atoms with Gasteiger partial charge in [-0.2, -0.15) is 5.10 Å². The topological polar surface area (TPSA) is 114 Å². The second kappa shape index (κ2) is 7.65. The van der Waals surface area contributed by atoms with Gasteiger partial charge in [-0.15, -0.1) is 11.3 Å². The van der Waals surface area contributed by atoms with Crippen LogP contribution < -0.4 is 0 Å². The average molecular weight is 499 g/mol. The summed E-state index contributed by atoms with van der Waals surface area (Å²) in [5.41, 5.74) is 4.78. The van der Waals surface area contributed by atoms with Gasteiger partial charge in [0, 0.05) is 35.4 Å². The minimum Gasteiger partial charge on any atom is -0.298 e. The molecule has 0 amide bonds. The van der Waals surface area contributed by atoms with Gasteiger partial charge in [-0.25, -0.2) is 21.8 Å². The quantitative estimate of drug-likeness (QED) is 0.393. The predicted octanol–water partition coefficient (Wildman–Crippen LogP) is 3.93. The molecule has 168 valence electrons. The smallest absolute Gasteiger partial charge is 0.184 e. The maximum absolute atomic E-state index is 11.9. The van der Waals surface area contributed by atoms with Gasteiger partial charge in [-0.05, 0) is 36.4 Å². The lowest BCUT2D eigenvalue weighted by atomic mass is 10.0. The molecule has 4 heterocycles. The number of sulfone groups is 2. The maximum Gasteiger partial charge on any atom is 0.184 e. The number of benzene rings is 1. The van der Waals surface area contributed by atoms with Gasteiger partial charge in [0.25, 0.3) is 0 Å².